The summed E-state index contributed by atoms with van der Waals surface area (Å²) < 4.78 is 28.5. The van der Waals surface area contributed by atoms with Gasteiger partial charge in [-0.15, -0.1) is 11.6 Å². The number of alkyl halides is 1. The second-order valence-corrected chi connectivity index (χ2v) is 25.5. The molecule has 99 heavy (non-hydrogen) atoms. The van der Waals surface area contributed by atoms with Crippen LogP contribution in [0.4, 0.5) is 0 Å². The van der Waals surface area contributed by atoms with Crippen LogP contribution in [0.3, 0.4) is 0 Å². The molecule has 3 aliphatic rings. The maximum Gasteiger partial charge on any atom is 0.338 e. The summed E-state index contributed by atoms with van der Waals surface area (Å²) in [6.07, 6.45) is 9.80. The third-order valence-electron chi connectivity index (χ3n) is 18.1. The Hall–Kier alpha value is -9.82. The van der Waals surface area contributed by atoms with Gasteiger partial charge in [-0.3, -0.25) is 14.7 Å². The van der Waals surface area contributed by atoms with Crippen LogP contribution in [0.2, 0.25) is 0 Å². The van der Waals surface area contributed by atoms with E-state index in [0.29, 0.717) is 43.9 Å². The number of carbonyl (C=O) groups excluding carboxylic acids is 1. The number of halogens is 1. The summed E-state index contributed by atoms with van der Waals surface area (Å²) in [5.41, 5.74) is 14.2. The van der Waals surface area contributed by atoms with Gasteiger partial charge in [-0.2, -0.15) is 15.3 Å². The number of carbonyl (C=O) groups is 1. The monoisotopic (exact) mass is 1340 g/mol. The molecule has 0 aliphatic carbocycles. The molecule has 19 heteroatoms. The van der Waals surface area contributed by atoms with E-state index in [1.54, 1.807) is 13.0 Å². The lowest BCUT2D eigenvalue weighted by Crippen LogP contribution is -2.25. The molecule has 1 N–H and O–H groups in total. The maximum atomic E-state index is 12.2. The third kappa shape index (κ3) is 18.1. The number of rotatable bonds is 25. The molecule has 3 fully saturated rings. The number of benzene rings is 6. The zero-order chi connectivity index (χ0) is 67.5. The Labute approximate surface area is 583 Å². The Morgan fingerprint density at radius 2 is 0.758 bits per heavy atom. The highest BCUT2D eigenvalue weighted by Crippen LogP contribution is 2.27. The summed E-state index contributed by atoms with van der Waals surface area (Å²) in [5.74, 6) is 5.18. The van der Waals surface area contributed by atoms with E-state index < -0.39 is 0 Å². The van der Waals surface area contributed by atoms with Crippen LogP contribution < -0.4 is 14.2 Å². The van der Waals surface area contributed by atoms with E-state index in [2.05, 4.69) is 69.3 Å². The average Bonchev–Trinajstić information content (AvgIpc) is 1.79. The molecule has 0 amide bonds. The van der Waals surface area contributed by atoms with E-state index in [-0.39, 0.29) is 12.6 Å². The van der Waals surface area contributed by atoms with Crippen molar-refractivity contribution in [2.45, 2.75) is 77.2 Å². The molecule has 0 radical (unpaired) electrons. The van der Waals surface area contributed by atoms with Gasteiger partial charge in [0.05, 0.1) is 35.9 Å². The molecule has 9 heterocycles. The molecule has 12 aromatic rings. The first-order valence-electron chi connectivity index (χ1n) is 34.8. The van der Waals surface area contributed by atoms with Gasteiger partial charge < -0.3 is 24.1 Å². The van der Waals surface area contributed by atoms with E-state index in [1.165, 1.54) is 83.4 Å². The highest BCUT2D eigenvalue weighted by atomic mass is 35.5. The van der Waals surface area contributed by atoms with E-state index in [1.807, 2.05) is 153 Å². The molecule has 15 rings (SSSR count). The van der Waals surface area contributed by atoms with E-state index in [9.17, 15) is 9.90 Å². The van der Waals surface area contributed by atoms with Crippen LogP contribution >= 0.6 is 11.6 Å². The number of nitrogens with zero attached hydrogens (tertiary/aromatic N) is 12. The van der Waals surface area contributed by atoms with Crippen molar-refractivity contribution in [3.05, 3.63) is 251 Å². The predicted molar refractivity (Wildman–Crippen MR) is 388 cm³/mol. The van der Waals surface area contributed by atoms with Crippen LogP contribution in [0.25, 0.3) is 50.7 Å². The van der Waals surface area contributed by atoms with Gasteiger partial charge in [0.25, 0.3) is 0 Å². The van der Waals surface area contributed by atoms with Gasteiger partial charge in [0, 0.05) is 61.5 Å². The van der Waals surface area contributed by atoms with Gasteiger partial charge in [-0.05, 0) is 210 Å². The number of hydrogen-bond acceptors (Lipinski definition) is 15. The Balaban J connectivity index is 0.000000134. The minimum Gasteiger partial charge on any atom is -0.492 e. The first kappa shape index (κ1) is 67.7. The van der Waals surface area contributed by atoms with Gasteiger partial charge in [0.2, 0.25) is 0 Å². The van der Waals surface area contributed by atoms with E-state index in [0.717, 1.165) is 141 Å². The number of aromatic nitrogens is 9. The van der Waals surface area contributed by atoms with Crippen LogP contribution in [0.5, 0.6) is 17.2 Å². The summed E-state index contributed by atoms with van der Waals surface area (Å²) in [4.78, 5) is 33.7. The molecule has 18 nitrogen and oxygen atoms in total. The topological polar surface area (TPSA) is 175 Å². The van der Waals surface area contributed by atoms with Gasteiger partial charge in [0.1, 0.15) is 37.1 Å². The van der Waals surface area contributed by atoms with Crippen molar-refractivity contribution in [2.75, 3.05) is 85.3 Å². The largest absolute Gasteiger partial charge is 0.492 e. The highest BCUT2D eigenvalue weighted by molar-refractivity contribution is 6.17. The number of ether oxygens (including phenoxy) is 4. The Morgan fingerprint density at radius 3 is 1.12 bits per heavy atom. The first-order valence-corrected chi connectivity index (χ1v) is 35.3. The molecule has 0 atom stereocenters. The number of aliphatic hydroxyl groups is 1. The lowest BCUT2D eigenvalue weighted by Gasteiger charge is -2.14. The summed E-state index contributed by atoms with van der Waals surface area (Å²) >= 11 is 6.02. The lowest BCUT2D eigenvalue weighted by molar-refractivity contribution is 0.0526. The quantitative estimate of drug-likeness (QED) is 0.0422. The van der Waals surface area contributed by atoms with Crippen molar-refractivity contribution in [3.63, 3.8) is 0 Å². The number of aliphatic hydroxyl groups excluding tert-OH is 1. The second kappa shape index (κ2) is 33.6. The van der Waals surface area contributed by atoms with Crippen molar-refractivity contribution >= 4 is 34.5 Å². The number of fused-ring (bicyclic) bond motifs is 3. The molecular weight excluding hydrogens is 1260 g/mol. The molecule has 0 spiro atoms. The van der Waals surface area contributed by atoms with Gasteiger partial charge in [0.15, 0.2) is 34.4 Å². The molecular formula is C80H85ClN12O6. The number of hydrogen-bond donors (Lipinski definition) is 1. The van der Waals surface area contributed by atoms with Gasteiger partial charge in [-0.25, -0.2) is 33.3 Å². The minimum atomic E-state index is -0.329. The summed E-state index contributed by atoms with van der Waals surface area (Å²) in [5, 5.41) is 23.8. The minimum absolute atomic E-state index is 0.0182. The van der Waals surface area contributed by atoms with Gasteiger partial charge in [-0.1, -0.05) is 103 Å². The van der Waals surface area contributed by atoms with E-state index >= 15 is 0 Å². The third-order valence-corrected chi connectivity index (χ3v) is 18.5. The molecule has 3 saturated heterocycles. The highest BCUT2D eigenvalue weighted by Gasteiger charge is 2.18. The first-order chi connectivity index (χ1) is 48.8. The fourth-order valence-corrected chi connectivity index (χ4v) is 13.1. The molecule has 6 aromatic carbocycles. The lowest BCUT2D eigenvalue weighted by atomic mass is 10.1. The molecule has 508 valence electrons. The molecule has 0 saturated carbocycles. The molecule has 0 bridgehead atoms. The smallest absolute Gasteiger partial charge is 0.338 e. The molecule has 3 aliphatic heterocycles. The van der Waals surface area contributed by atoms with Crippen molar-refractivity contribution < 1.29 is 28.8 Å². The summed E-state index contributed by atoms with van der Waals surface area (Å²) in [6, 6.07) is 66.1. The SMILES string of the molecule is CCOC(=O)c1cccc(-c2cccc3nc(Cc4ccc(OCCN5CCCC5)cc4)nn23)c1.ClCc1cccc(-c2cccc3nc(Cc4ccc(OCCN5CCCC5)cc4)nn23)c1.OCc1cccc(-c2cccc3nc(Cc4ccc(OCCN5CCCC5)cc4)nn23)c1. The fourth-order valence-electron chi connectivity index (χ4n) is 12.9. The fraction of sp³-hybridized carbons (Fsp3) is 0.312. The summed E-state index contributed by atoms with van der Waals surface area (Å²) in [7, 11) is 0. The Bertz CT molecular complexity index is 4390. The van der Waals surface area contributed by atoms with Crippen LogP contribution in [0.1, 0.15) is 101 Å². The predicted octanol–water partition coefficient (Wildman–Crippen LogP) is 13.8. The number of pyridine rings is 3. The normalized spacial score (nSPS) is 14.1. The van der Waals surface area contributed by atoms with Gasteiger partial charge >= 0.3 is 5.97 Å². The summed E-state index contributed by atoms with van der Waals surface area (Å²) in [6.45, 7) is 14.5. The Morgan fingerprint density at radius 1 is 0.414 bits per heavy atom. The standard InChI is InChI=1S/C28H30N4O3.C26H27ClN4O.C26H28N4O2/c1-2-34-28(33)23-8-5-7-22(20-23)25-9-6-10-27-29-26(30-32(25)27)19-21-11-13-24(14-12-21)35-18-17-31-15-3-4-16-31;27-19-21-5-3-6-22(17-21)24-7-4-8-26-28-25(29-31(24)26)18-20-9-11-23(12-10-20)32-16-15-30-13-1-2-14-30;31-19-21-5-3-6-22(17-21)24-7-4-8-26-27-25(28-30(24)26)18-20-9-11-23(12-10-20)32-16-15-29-13-1-2-14-29/h5-14,20H,2-4,15-19H2,1H3;3-12,17H,1-2,13-16,18-19H2;3-12,17,31H,1-2,13-16,18-19H2. The zero-order valence-electron chi connectivity index (χ0n) is 56.3. The molecule has 0 unspecified atom stereocenters. The van der Waals surface area contributed by atoms with Crippen molar-refractivity contribution in [1.29, 1.82) is 0 Å². The van der Waals surface area contributed by atoms with Crippen LogP contribution in [0.15, 0.2) is 200 Å². The van der Waals surface area contributed by atoms with Crippen molar-refractivity contribution in [3.8, 4) is 51.0 Å². The van der Waals surface area contributed by atoms with Crippen molar-refractivity contribution in [1.82, 2.24) is 58.5 Å². The zero-order valence-corrected chi connectivity index (χ0v) is 57.0. The van der Waals surface area contributed by atoms with E-state index in [4.69, 9.17) is 60.8 Å². The Kier molecular flexibility index (Phi) is 23.0. The number of esters is 1. The second-order valence-electron chi connectivity index (χ2n) is 25.3. The number of likely N-dealkylation sites (tertiary alicyclic amines) is 3. The van der Waals surface area contributed by atoms with Crippen LogP contribution in [-0.4, -0.2) is 155 Å². The molecule has 6 aromatic heterocycles. The van der Waals surface area contributed by atoms with Crippen LogP contribution in [-0.2, 0) is 36.5 Å². The average molecular weight is 1350 g/mol. The van der Waals surface area contributed by atoms with Crippen molar-refractivity contribution in [2.24, 2.45) is 0 Å². The maximum absolute atomic E-state index is 12.2. The van der Waals surface area contributed by atoms with Crippen LogP contribution in [0, 0.1) is 0 Å².